The molecule has 0 saturated heterocycles. The van der Waals surface area contributed by atoms with E-state index in [1.54, 1.807) is 24.3 Å². The van der Waals surface area contributed by atoms with Gasteiger partial charge in [-0.3, -0.25) is 9.32 Å². The van der Waals surface area contributed by atoms with E-state index < -0.39 is 13.9 Å². The molecule has 1 rings (SSSR count). The first-order valence-electron chi connectivity index (χ1n) is 8.49. The smallest absolute Gasteiger partial charge is 0.469 e. The molecule has 7 nitrogen and oxygen atoms in total. The summed E-state index contributed by atoms with van der Waals surface area (Å²) in [5, 5.41) is 2.78. The van der Waals surface area contributed by atoms with Gasteiger partial charge in [0.2, 0.25) is 5.91 Å². The number of rotatable bonds is 12. The van der Waals surface area contributed by atoms with E-state index >= 15 is 0 Å². The summed E-state index contributed by atoms with van der Waals surface area (Å²) >= 11 is 0. The molecule has 0 saturated carbocycles. The summed E-state index contributed by atoms with van der Waals surface area (Å²) < 4.78 is 20.9. The molecular formula is C17H28NO6P. The molecule has 0 aliphatic carbocycles. The summed E-state index contributed by atoms with van der Waals surface area (Å²) in [5.41, 5.74) is 0.609. The van der Waals surface area contributed by atoms with Crippen LogP contribution in [0.2, 0.25) is 0 Å². The molecule has 142 valence electrons. The maximum atomic E-state index is 12.2. The highest BCUT2D eigenvalue weighted by Crippen LogP contribution is 2.38. The third-order valence-corrected chi connectivity index (χ3v) is 4.25. The molecule has 0 bridgehead atoms. The van der Waals surface area contributed by atoms with Gasteiger partial charge in [0, 0.05) is 12.0 Å². The first-order chi connectivity index (χ1) is 11.9. The van der Waals surface area contributed by atoms with Gasteiger partial charge in [-0.15, -0.1) is 0 Å². The molecular weight excluding hydrogens is 345 g/mol. The highest BCUT2D eigenvalue weighted by Gasteiger charge is 2.23. The Morgan fingerprint density at radius 2 is 1.88 bits per heavy atom. The Labute approximate surface area is 149 Å². The highest BCUT2D eigenvalue weighted by atomic mass is 31.2. The molecule has 25 heavy (non-hydrogen) atoms. The predicted molar refractivity (Wildman–Crippen MR) is 95.2 cm³/mol. The van der Waals surface area contributed by atoms with E-state index in [4.69, 9.17) is 14.5 Å². The van der Waals surface area contributed by atoms with E-state index in [9.17, 15) is 9.36 Å². The summed E-state index contributed by atoms with van der Waals surface area (Å²) in [7, 11) is -3.14. The van der Waals surface area contributed by atoms with Crippen LogP contribution in [0.3, 0.4) is 0 Å². The molecule has 0 aliphatic rings. The van der Waals surface area contributed by atoms with Gasteiger partial charge in [-0.2, -0.15) is 0 Å². The van der Waals surface area contributed by atoms with Gasteiger partial charge in [-0.25, -0.2) is 4.57 Å². The lowest BCUT2D eigenvalue weighted by Gasteiger charge is -2.21. The molecule has 0 radical (unpaired) electrons. The standard InChI is InChI=1S/C17H28NO6P/c1-3-4-5-6-7-12-17(19)18-15(13-24-25(20,21)22)14-10-8-9-11-16(14)23-2/h8-11,15H,3-7,12-13H2,1-2H3,(H,18,19)(H2,20,21,22). The number of carbonyl (C=O) groups is 1. The van der Waals surface area contributed by atoms with Gasteiger partial charge in [0.05, 0.1) is 19.8 Å². The number of phosphoric ester groups is 1. The molecule has 1 aromatic carbocycles. The second-order valence-electron chi connectivity index (χ2n) is 5.81. The summed E-state index contributed by atoms with van der Waals surface area (Å²) in [6.07, 6.45) is 5.53. The lowest BCUT2D eigenvalue weighted by molar-refractivity contribution is -0.122. The second kappa shape index (κ2) is 11.3. The zero-order chi connectivity index (χ0) is 18.7. The Kier molecular flexibility index (Phi) is 9.75. The van der Waals surface area contributed by atoms with Crippen LogP contribution >= 0.6 is 7.82 Å². The molecule has 0 heterocycles. The zero-order valence-electron chi connectivity index (χ0n) is 14.8. The van der Waals surface area contributed by atoms with E-state index in [-0.39, 0.29) is 12.5 Å². The molecule has 0 fully saturated rings. The highest BCUT2D eigenvalue weighted by molar-refractivity contribution is 7.46. The fourth-order valence-electron chi connectivity index (χ4n) is 2.49. The minimum absolute atomic E-state index is 0.179. The predicted octanol–water partition coefficient (Wildman–Crippen LogP) is 3.32. The van der Waals surface area contributed by atoms with Crippen LogP contribution in [-0.2, 0) is 13.9 Å². The molecule has 1 unspecified atom stereocenters. The van der Waals surface area contributed by atoms with Crippen molar-refractivity contribution in [2.75, 3.05) is 13.7 Å². The quantitative estimate of drug-likeness (QED) is 0.383. The molecule has 0 aromatic heterocycles. The van der Waals surface area contributed by atoms with Crippen LogP contribution < -0.4 is 10.1 Å². The van der Waals surface area contributed by atoms with Crippen molar-refractivity contribution < 1.29 is 28.4 Å². The van der Waals surface area contributed by atoms with E-state index in [0.717, 1.165) is 32.1 Å². The number of hydrogen-bond acceptors (Lipinski definition) is 4. The van der Waals surface area contributed by atoms with Crippen LogP contribution in [0.25, 0.3) is 0 Å². The second-order valence-corrected chi connectivity index (χ2v) is 7.05. The number of amides is 1. The van der Waals surface area contributed by atoms with E-state index in [0.29, 0.717) is 17.7 Å². The van der Waals surface area contributed by atoms with Gasteiger partial charge in [-0.05, 0) is 12.5 Å². The number of ether oxygens (including phenoxy) is 1. The Morgan fingerprint density at radius 3 is 2.52 bits per heavy atom. The summed E-state index contributed by atoms with van der Waals surface area (Å²) in [4.78, 5) is 30.1. The maximum Gasteiger partial charge on any atom is 0.469 e. The number of phosphoric acid groups is 1. The Bertz CT molecular complexity index is 574. The SMILES string of the molecule is CCCCCCCC(=O)NC(COP(=O)(O)O)c1ccccc1OC. The van der Waals surface area contributed by atoms with Crippen LogP contribution in [-0.4, -0.2) is 29.4 Å². The molecule has 1 aromatic rings. The van der Waals surface area contributed by atoms with Gasteiger partial charge in [0.25, 0.3) is 0 Å². The lowest BCUT2D eigenvalue weighted by Crippen LogP contribution is -2.31. The molecule has 0 spiro atoms. The van der Waals surface area contributed by atoms with Gasteiger partial charge in [0.1, 0.15) is 5.75 Å². The van der Waals surface area contributed by atoms with Crippen LogP contribution in [0.15, 0.2) is 24.3 Å². The topological polar surface area (TPSA) is 105 Å². The Balaban J connectivity index is 2.71. The number of benzene rings is 1. The molecule has 1 amide bonds. The van der Waals surface area contributed by atoms with Crippen molar-refractivity contribution >= 4 is 13.7 Å². The Hall–Kier alpha value is -1.40. The number of nitrogens with one attached hydrogen (secondary N) is 1. The van der Waals surface area contributed by atoms with E-state index in [1.165, 1.54) is 7.11 Å². The third kappa shape index (κ3) is 9.02. The normalized spacial score (nSPS) is 12.6. The maximum absolute atomic E-state index is 12.2. The van der Waals surface area contributed by atoms with Crippen molar-refractivity contribution in [3.05, 3.63) is 29.8 Å². The van der Waals surface area contributed by atoms with Crippen molar-refractivity contribution in [1.82, 2.24) is 5.32 Å². The summed E-state index contributed by atoms with van der Waals surface area (Å²) in [5.74, 6) is 0.340. The number of para-hydroxylation sites is 1. The number of hydrogen-bond donors (Lipinski definition) is 3. The van der Waals surface area contributed by atoms with Crippen molar-refractivity contribution in [3.8, 4) is 5.75 Å². The van der Waals surface area contributed by atoms with Crippen LogP contribution in [0.5, 0.6) is 5.75 Å². The molecule has 3 N–H and O–H groups in total. The average Bonchev–Trinajstić information content (AvgIpc) is 2.57. The monoisotopic (exact) mass is 373 g/mol. The molecule has 8 heteroatoms. The Morgan fingerprint density at radius 1 is 1.20 bits per heavy atom. The first kappa shape index (κ1) is 21.6. The first-order valence-corrected chi connectivity index (χ1v) is 10.0. The van der Waals surface area contributed by atoms with Crippen molar-refractivity contribution in [2.45, 2.75) is 51.5 Å². The van der Waals surface area contributed by atoms with Crippen molar-refractivity contribution in [1.29, 1.82) is 0 Å². The molecule has 0 aliphatic heterocycles. The average molecular weight is 373 g/mol. The minimum atomic E-state index is -4.63. The van der Waals surface area contributed by atoms with Gasteiger partial charge >= 0.3 is 7.82 Å². The van der Waals surface area contributed by atoms with Crippen molar-refractivity contribution in [2.24, 2.45) is 0 Å². The lowest BCUT2D eigenvalue weighted by atomic mass is 10.1. The number of unbranched alkanes of at least 4 members (excludes halogenated alkanes) is 4. The zero-order valence-corrected chi connectivity index (χ0v) is 15.7. The third-order valence-electron chi connectivity index (χ3n) is 3.77. The van der Waals surface area contributed by atoms with Crippen LogP contribution in [0, 0.1) is 0 Å². The van der Waals surface area contributed by atoms with Crippen LogP contribution in [0.1, 0.15) is 57.1 Å². The van der Waals surface area contributed by atoms with Gasteiger partial charge in [0.15, 0.2) is 0 Å². The van der Waals surface area contributed by atoms with Gasteiger partial charge < -0.3 is 19.8 Å². The van der Waals surface area contributed by atoms with E-state index in [1.807, 2.05) is 0 Å². The fourth-order valence-corrected chi connectivity index (χ4v) is 2.83. The van der Waals surface area contributed by atoms with Crippen molar-refractivity contribution in [3.63, 3.8) is 0 Å². The number of carbonyl (C=O) groups excluding carboxylic acids is 1. The summed E-state index contributed by atoms with van der Waals surface area (Å²) in [6.45, 7) is 1.79. The largest absolute Gasteiger partial charge is 0.496 e. The van der Waals surface area contributed by atoms with Crippen LogP contribution in [0.4, 0.5) is 0 Å². The van der Waals surface area contributed by atoms with E-state index in [2.05, 4.69) is 16.8 Å². The number of methoxy groups -OCH3 is 1. The fraction of sp³-hybridized carbons (Fsp3) is 0.588. The minimum Gasteiger partial charge on any atom is -0.496 e. The van der Waals surface area contributed by atoms with Gasteiger partial charge in [-0.1, -0.05) is 50.8 Å². The summed E-state index contributed by atoms with van der Waals surface area (Å²) in [6, 6.07) is 6.29. The molecule has 1 atom stereocenters.